The summed E-state index contributed by atoms with van der Waals surface area (Å²) in [4.78, 5) is 9.61. The van der Waals surface area contributed by atoms with Gasteiger partial charge in [-0.2, -0.15) is 0 Å². The average Bonchev–Trinajstić information content (AvgIpc) is 2.99. The van der Waals surface area contributed by atoms with E-state index in [1.165, 1.54) is 36.6 Å². The maximum absolute atomic E-state index is 5.69. The van der Waals surface area contributed by atoms with Gasteiger partial charge in [-0.25, -0.2) is 9.97 Å². The lowest BCUT2D eigenvalue weighted by Crippen LogP contribution is -2.05. The summed E-state index contributed by atoms with van der Waals surface area (Å²) >= 11 is 0. The summed E-state index contributed by atoms with van der Waals surface area (Å²) in [6.07, 6.45) is 8.16. The first kappa shape index (κ1) is 12.6. The van der Waals surface area contributed by atoms with E-state index >= 15 is 0 Å². The number of nitrogens with two attached hydrogens (primary N) is 1. The first-order valence-corrected chi connectivity index (χ1v) is 7.23. The van der Waals surface area contributed by atoms with E-state index in [1.807, 2.05) is 0 Å². The SMILES string of the molecule is Cc1nc(C2CCCC2)nc2c1c(CCN)cn2C. The predicted octanol–water partition coefficient (Wildman–Crippen LogP) is 2.44. The van der Waals surface area contributed by atoms with Gasteiger partial charge in [-0.1, -0.05) is 12.8 Å². The van der Waals surface area contributed by atoms with Gasteiger partial charge in [0.1, 0.15) is 11.5 Å². The van der Waals surface area contributed by atoms with E-state index in [0.29, 0.717) is 12.5 Å². The second kappa shape index (κ2) is 4.93. The fourth-order valence-electron chi connectivity index (χ4n) is 3.28. The van der Waals surface area contributed by atoms with Crippen molar-refractivity contribution in [1.82, 2.24) is 14.5 Å². The van der Waals surface area contributed by atoms with Crippen molar-refractivity contribution < 1.29 is 0 Å². The first-order chi connectivity index (χ1) is 9.20. The molecule has 2 aromatic rings. The van der Waals surface area contributed by atoms with Crippen molar-refractivity contribution in [3.05, 3.63) is 23.3 Å². The number of fused-ring (bicyclic) bond motifs is 1. The second-order valence-corrected chi connectivity index (χ2v) is 5.65. The third-order valence-corrected chi connectivity index (χ3v) is 4.23. The predicted molar refractivity (Wildman–Crippen MR) is 77.2 cm³/mol. The highest BCUT2D eigenvalue weighted by Crippen LogP contribution is 2.33. The molecule has 0 aliphatic heterocycles. The van der Waals surface area contributed by atoms with Gasteiger partial charge in [-0.05, 0) is 38.3 Å². The molecular weight excluding hydrogens is 236 g/mol. The topological polar surface area (TPSA) is 56.7 Å². The molecule has 1 aliphatic rings. The van der Waals surface area contributed by atoms with E-state index in [1.54, 1.807) is 0 Å². The molecule has 0 radical (unpaired) electrons. The lowest BCUT2D eigenvalue weighted by atomic mass is 10.1. The molecule has 2 aromatic heterocycles. The molecule has 2 heterocycles. The van der Waals surface area contributed by atoms with Gasteiger partial charge in [-0.3, -0.25) is 0 Å². The smallest absolute Gasteiger partial charge is 0.143 e. The number of nitrogens with zero attached hydrogens (tertiary/aromatic N) is 3. The zero-order valence-electron chi connectivity index (χ0n) is 11.8. The normalized spacial score (nSPS) is 16.6. The van der Waals surface area contributed by atoms with Crippen LogP contribution in [-0.2, 0) is 13.5 Å². The molecule has 0 spiro atoms. The highest BCUT2D eigenvalue weighted by molar-refractivity contribution is 5.83. The molecule has 2 N–H and O–H groups in total. The zero-order chi connectivity index (χ0) is 13.4. The summed E-state index contributed by atoms with van der Waals surface area (Å²) in [5.41, 5.74) is 9.14. The Balaban J connectivity index is 2.12. The van der Waals surface area contributed by atoms with Crippen LogP contribution in [0.2, 0.25) is 0 Å². The number of hydrogen-bond donors (Lipinski definition) is 1. The van der Waals surface area contributed by atoms with E-state index in [4.69, 9.17) is 15.7 Å². The molecule has 1 aliphatic carbocycles. The molecule has 0 bridgehead atoms. The first-order valence-electron chi connectivity index (χ1n) is 7.23. The Morgan fingerprint density at radius 2 is 2.05 bits per heavy atom. The summed E-state index contributed by atoms with van der Waals surface area (Å²) in [5.74, 6) is 1.61. The molecule has 0 atom stereocenters. The van der Waals surface area contributed by atoms with Crippen LogP contribution in [-0.4, -0.2) is 21.1 Å². The summed E-state index contributed by atoms with van der Waals surface area (Å²) in [6, 6.07) is 0. The van der Waals surface area contributed by atoms with Gasteiger partial charge in [0.25, 0.3) is 0 Å². The highest BCUT2D eigenvalue weighted by atomic mass is 15.0. The lowest BCUT2D eigenvalue weighted by Gasteiger charge is -2.10. The Bertz CT molecular complexity index is 594. The molecule has 0 amide bonds. The van der Waals surface area contributed by atoms with Crippen molar-refractivity contribution in [1.29, 1.82) is 0 Å². The minimum absolute atomic E-state index is 0.566. The van der Waals surface area contributed by atoms with Crippen LogP contribution >= 0.6 is 0 Å². The van der Waals surface area contributed by atoms with Crippen LogP contribution in [0, 0.1) is 6.92 Å². The summed E-state index contributed by atoms with van der Waals surface area (Å²) < 4.78 is 2.12. The van der Waals surface area contributed by atoms with Gasteiger partial charge in [0.05, 0.1) is 5.69 Å². The number of rotatable bonds is 3. The molecule has 3 rings (SSSR count). The van der Waals surface area contributed by atoms with Crippen LogP contribution in [0.3, 0.4) is 0 Å². The molecular formula is C15H22N4. The van der Waals surface area contributed by atoms with E-state index < -0.39 is 0 Å². The monoisotopic (exact) mass is 258 g/mol. The quantitative estimate of drug-likeness (QED) is 0.920. The Morgan fingerprint density at radius 3 is 2.74 bits per heavy atom. The van der Waals surface area contributed by atoms with Crippen LogP contribution in [0.5, 0.6) is 0 Å². The Morgan fingerprint density at radius 1 is 1.32 bits per heavy atom. The van der Waals surface area contributed by atoms with E-state index in [9.17, 15) is 0 Å². The molecule has 1 saturated carbocycles. The van der Waals surface area contributed by atoms with Crippen molar-refractivity contribution in [3.63, 3.8) is 0 Å². The fourth-order valence-corrected chi connectivity index (χ4v) is 3.28. The molecule has 102 valence electrons. The van der Waals surface area contributed by atoms with Gasteiger partial charge in [0, 0.05) is 24.5 Å². The zero-order valence-corrected chi connectivity index (χ0v) is 11.8. The molecule has 0 unspecified atom stereocenters. The summed E-state index contributed by atoms with van der Waals surface area (Å²) in [6.45, 7) is 2.77. The van der Waals surface area contributed by atoms with Crippen LogP contribution in [0.25, 0.3) is 11.0 Å². The van der Waals surface area contributed by atoms with E-state index in [0.717, 1.165) is 23.6 Å². The molecule has 0 saturated heterocycles. The third-order valence-electron chi connectivity index (χ3n) is 4.23. The van der Waals surface area contributed by atoms with E-state index in [2.05, 4.69) is 24.7 Å². The molecule has 4 nitrogen and oxygen atoms in total. The van der Waals surface area contributed by atoms with Gasteiger partial charge < -0.3 is 10.3 Å². The Hall–Kier alpha value is -1.42. The second-order valence-electron chi connectivity index (χ2n) is 5.65. The van der Waals surface area contributed by atoms with Crippen LogP contribution in [0.15, 0.2) is 6.20 Å². The Kier molecular flexibility index (Phi) is 3.27. The van der Waals surface area contributed by atoms with E-state index in [-0.39, 0.29) is 0 Å². The maximum Gasteiger partial charge on any atom is 0.143 e. The van der Waals surface area contributed by atoms with Gasteiger partial charge in [0.2, 0.25) is 0 Å². The minimum Gasteiger partial charge on any atom is -0.335 e. The van der Waals surface area contributed by atoms with Crippen LogP contribution < -0.4 is 5.73 Å². The number of aromatic nitrogens is 3. The standard InChI is InChI=1S/C15H22N4/c1-10-13-12(7-8-16)9-19(2)15(13)18-14(17-10)11-5-3-4-6-11/h9,11H,3-8,16H2,1-2H3. The van der Waals surface area contributed by atoms with Crippen LogP contribution in [0.1, 0.15) is 48.7 Å². The highest BCUT2D eigenvalue weighted by Gasteiger charge is 2.22. The lowest BCUT2D eigenvalue weighted by molar-refractivity contribution is 0.666. The Labute approximate surface area is 114 Å². The number of hydrogen-bond acceptors (Lipinski definition) is 3. The summed E-state index contributed by atoms with van der Waals surface area (Å²) in [7, 11) is 2.06. The molecule has 4 heteroatoms. The maximum atomic E-state index is 5.69. The largest absolute Gasteiger partial charge is 0.335 e. The fraction of sp³-hybridized carbons (Fsp3) is 0.600. The molecule has 1 fully saturated rings. The summed E-state index contributed by atoms with van der Waals surface area (Å²) in [5, 5.41) is 1.20. The average molecular weight is 258 g/mol. The van der Waals surface area contributed by atoms with Gasteiger partial charge in [-0.15, -0.1) is 0 Å². The van der Waals surface area contributed by atoms with Crippen molar-refractivity contribution in [2.75, 3.05) is 6.54 Å². The number of aryl methyl sites for hydroxylation is 2. The minimum atomic E-state index is 0.566. The van der Waals surface area contributed by atoms with Gasteiger partial charge in [0.15, 0.2) is 0 Å². The van der Waals surface area contributed by atoms with Crippen molar-refractivity contribution in [2.24, 2.45) is 12.8 Å². The molecule has 0 aromatic carbocycles. The van der Waals surface area contributed by atoms with Crippen molar-refractivity contribution >= 4 is 11.0 Å². The van der Waals surface area contributed by atoms with Crippen molar-refractivity contribution in [2.45, 2.75) is 44.9 Å². The van der Waals surface area contributed by atoms with Crippen LogP contribution in [0.4, 0.5) is 0 Å². The third kappa shape index (κ3) is 2.14. The van der Waals surface area contributed by atoms with Gasteiger partial charge >= 0.3 is 0 Å². The van der Waals surface area contributed by atoms with Crippen molar-refractivity contribution in [3.8, 4) is 0 Å². The molecule has 19 heavy (non-hydrogen) atoms.